The van der Waals surface area contributed by atoms with Gasteiger partial charge in [0, 0.05) is 13.0 Å². The van der Waals surface area contributed by atoms with E-state index >= 15 is 0 Å². The first-order valence-corrected chi connectivity index (χ1v) is 20.1. The molecule has 4 rings (SSSR count). The van der Waals surface area contributed by atoms with Crippen molar-refractivity contribution in [3.63, 3.8) is 0 Å². The summed E-state index contributed by atoms with van der Waals surface area (Å²) in [7, 11) is 0. The lowest BCUT2D eigenvalue weighted by Gasteiger charge is -2.58. The molecule has 0 aromatic carbocycles. The molecule has 0 bridgehead atoms. The van der Waals surface area contributed by atoms with Crippen LogP contribution in [-0.2, 0) is 19.0 Å². The SMILES string of the molecule is CC(C)CCC[C@@H](C)[C@H]1CC[C@H]2[C@@H]3CC=C4C[C@@H](OC(=O)C(CCCNC(=O)OC(C)(C)C)NC(=O)OC(C)(C)C)CC[C@]4(C)[C@H]3CC[C@]12C. The van der Waals surface area contributed by atoms with Crippen LogP contribution in [0.25, 0.3) is 0 Å². The smallest absolute Gasteiger partial charge is 0.408 e. The third-order valence-electron chi connectivity index (χ3n) is 12.9. The summed E-state index contributed by atoms with van der Waals surface area (Å²) < 4.78 is 17.0. The maximum Gasteiger partial charge on any atom is 0.408 e. The number of ether oxygens (including phenoxy) is 3. The highest BCUT2D eigenvalue weighted by atomic mass is 16.6. The molecule has 4 aliphatic carbocycles. The minimum absolute atomic E-state index is 0.162. The molecule has 0 radical (unpaired) electrons. The van der Waals surface area contributed by atoms with E-state index in [1.165, 1.54) is 50.5 Å². The zero-order chi connectivity index (χ0) is 37.1. The summed E-state index contributed by atoms with van der Waals surface area (Å²) in [5.74, 6) is 4.28. The predicted octanol–water partition coefficient (Wildman–Crippen LogP) is 10.1. The number of esters is 1. The van der Waals surface area contributed by atoms with Gasteiger partial charge in [-0.15, -0.1) is 0 Å². The number of rotatable bonds is 12. The van der Waals surface area contributed by atoms with Crippen LogP contribution in [0.1, 0.15) is 160 Å². The monoisotopic (exact) mass is 701 g/mol. The molecule has 0 aromatic rings. The minimum atomic E-state index is -0.873. The maximum atomic E-state index is 13.6. The molecule has 3 saturated carbocycles. The van der Waals surface area contributed by atoms with Crippen LogP contribution in [0.4, 0.5) is 9.59 Å². The molecule has 0 aliphatic heterocycles. The summed E-state index contributed by atoms with van der Waals surface area (Å²) in [5.41, 5.74) is 0.807. The van der Waals surface area contributed by atoms with Gasteiger partial charge in [-0.3, -0.25) is 0 Å². The van der Waals surface area contributed by atoms with Crippen molar-refractivity contribution in [2.45, 2.75) is 183 Å². The fourth-order valence-electron chi connectivity index (χ4n) is 10.5. The van der Waals surface area contributed by atoms with E-state index in [0.717, 1.165) is 55.3 Å². The molecule has 0 heterocycles. The maximum absolute atomic E-state index is 13.6. The lowest BCUT2D eigenvalue weighted by Crippen LogP contribution is -2.51. The lowest BCUT2D eigenvalue weighted by atomic mass is 9.47. The number of nitrogens with one attached hydrogen (secondary N) is 2. The van der Waals surface area contributed by atoms with Crippen LogP contribution in [0.2, 0.25) is 0 Å². The Morgan fingerprint density at radius 2 is 1.52 bits per heavy atom. The summed E-state index contributed by atoms with van der Waals surface area (Å²) in [6.45, 7) is 23.5. The second-order valence-corrected chi connectivity index (χ2v) is 19.4. The van der Waals surface area contributed by atoms with Gasteiger partial charge in [-0.05, 0) is 146 Å². The van der Waals surface area contributed by atoms with Crippen molar-refractivity contribution in [3.8, 4) is 0 Å². The van der Waals surface area contributed by atoms with Crippen LogP contribution >= 0.6 is 0 Å². The van der Waals surface area contributed by atoms with Gasteiger partial charge < -0.3 is 24.8 Å². The van der Waals surface area contributed by atoms with Gasteiger partial charge in [0.05, 0.1) is 0 Å². The Balaban J connectivity index is 1.37. The van der Waals surface area contributed by atoms with Crippen molar-refractivity contribution in [2.75, 3.05) is 6.54 Å². The molecule has 0 aromatic heterocycles. The van der Waals surface area contributed by atoms with Crippen LogP contribution in [0.15, 0.2) is 11.6 Å². The second-order valence-electron chi connectivity index (χ2n) is 19.4. The normalized spacial score (nSPS) is 32.1. The standard InChI is InChI=1S/C42H72N2O6/c1-27(2)14-12-15-28(3)32-19-20-33-31-18-17-29-26-30(21-23-41(29,10)34(31)22-24-42(32,33)11)48-36(45)35(44-38(47)50-40(7,8)9)16-13-25-43-37(46)49-39(4,5)6/h17,27-28,30-35H,12-16,18-26H2,1-11H3,(H,43,46)(H,44,47)/t28-,30+,31+,32-,33+,34+,35?,41+,42-/m1/s1. The topological polar surface area (TPSA) is 103 Å². The molecule has 8 heteroatoms. The van der Waals surface area contributed by atoms with E-state index in [-0.39, 0.29) is 11.5 Å². The van der Waals surface area contributed by atoms with Gasteiger partial charge in [-0.1, -0.05) is 65.5 Å². The van der Waals surface area contributed by atoms with Crippen LogP contribution in [-0.4, -0.2) is 48.0 Å². The first-order chi connectivity index (χ1) is 23.2. The Kier molecular flexibility index (Phi) is 13.1. The van der Waals surface area contributed by atoms with E-state index in [1.54, 1.807) is 20.8 Å². The molecule has 0 spiro atoms. The molecule has 3 fully saturated rings. The molecule has 1 unspecified atom stereocenters. The second kappa shape index (κ2) is 16.2. The van der Waals surface area contributed by atoms with Crippen LogP contribution in [0, 0.1) is 46.3 Å². The molecule has 2 N–H and O–H groups in total. The quantitative estimate of drug-likeness (QED) is 0.0909. The number of hydrogen-bond donors (Lipinski definition) is 2. The van der Waals surface area contributed by atoms with Gasteiger partial charge in [0.1, 0.15) is 23.3 Å². The highest BCUT2D eigenvalue weighted by molar-refractivity contribution is 5.81. The number of allylic oxidation sites excluding steroid dienone is 1. The summed E-state index contributed by atoms with van der Waals surface area (Å²) in [6.07, 6.45) is 15.2. The first kappa shape index (κ1) is 40.5. The van der Waals surface area contributed by atoms with E-state index in [0.29, 0.717) is 30.7 Å². The number of hydrogen-bond acceptors (Lipinski definition) is 6. The molecule has 286 valence electrons. The fraction of sp³-hybridized carbons (Fsp3) is 0.881. The highest BCUT2D eigenvalue weighted by Gasteiger charge is 2.59. The van der Waals surface area contributed by atoms with Gasteiger partial charge in [-0.25, -0.2) is 14.4 Å². The summed E-state index contributed by atoms with van der Waals surface area (Å²) in [5, 5.41) is 5.48. The van der Waals surface area contributed by atoms with E-state index < -0.39 is 35.4 Å². The molecule has 2 amide bonds. The molecule has 50 heavy (non-hydrogen) atoms. The molecular formula is C42H72N2O6. The molecular weight excluding hydrogens is 628 g/mol. The summed E-state index contributed by atoms with van der Waals surface area (Å²) in [6, 6.07) is -0.873. The number of amides is 2. The molecule has 8 nitrogen and oxygen atoms in total. The Morgan fingerprint density at radius 3 is 2.18 bits per heavy atom. The number of alkyl carbamates (subject to hydrolysis) is 2. The Bertz CT molecular complexity index is 1220. The van der Waals surface area contributed by atoms with Crippen LogP contribution in [0.3, 0.4) is 0 Å². The Hall–Kier alpha value is -2.25. The van der Waals surface area contributed by atoms with Crippen LogP contribution < -0.4 is 10.6 Å². The average Bonchev–Trinajstić information content (AvgIpc) is 3.34. The summed E-state index contributed by atoms with van der Waals surface area (Å²) >= 11 is 0. The van der Waals surface area contributed by atoms with E-state index in [2.05, 4.69) is 51.3 Å². The van der Waals surface area contributed by atoms with Crippen molar-refractivity contribution >= 4 is 18.2 Å². The van der Waals surface area contributed by atoms with Gasteiger partial charge in [0.15, 0.2) is 0 Å². The Labute approximate surface area is 304 Å². The highest BCUT2D eigenvalue weighted by Crippen LogP contribution is 2.67. The summed E-state index contributed by atoms with van der Waals surface area (Å²) in [4.78, 5) is 38.4. The average molecular weight is 701 g/mol. The van der Waals surface area contributed by atoms with Crippen LogP contribution in [0.5, 0.6) is 0 Å². The molecule has 0 saturated heterocycles. The van der Waals surface area contributed by atoms with Gasteiger partial charge >= 0.3 is 18.2 Å². The number of carbonyl (C=O) groups is 3. The lowest BCUT2D eigenvalue weighted by molar-refractivity contribution is -0.154. The van der Waals surface area contributed by atoms with Crippen molar-refractivity contribution in [1.82, 2.24) is 10.6 Å². The number of carbonyl (C=O) groups excluding carboxylic acids is 3. The van der Waals surface area contributed by atoms with Crippen molar-refractivity contribution in [1.29, 1.82) is 0 Å². The van der Waals surface area contributed by atoms with Crippen molar-refractivity contribution in [3.05, 3.63) is 11.6 Å². The van der Waals surface area contributed by atoms with E-state index in [1.807, 2.05) is 20.8 Å². The third kappa shape index (κ3) is 10.2. The molecule has 9 atom stereocenters. The Morgan fingerprint density at radius 1 is 0.840 bits per heavy atom. The number of fused-ring (bicyclic) bond motifs is 5. The third-order valence-corrected chi connectivity index (χ3v) is 12.9. The molecule has 4 aliphatic rings. The zero-order valence-corrected chi connectivity index (χ0v) is 33.5. The predicted molar refractivity (Wildman–Crippen MR) is 200 cm³/mol. The van der Waals surface area contributed by atoms with Gasteiger partial charge in [-0.2, -0.15) is 0 Å². The minimum Gasteiger partial charge on any atom is -0.461 e. The van der Waals surface area contributed by atoms with Crippen molar-refractivity contribution < 1.29 is 28.6 Å². The first-order valence-electron chi connectivity index (χ1n) is 20.1. The van der Waals surface area contributed by atoms with E-state index in [9.17, 15) is 14.4 Å². The van der Waals surface area contributed by atoms with E-state index in [4.69, 9.17) is 14.2 Å². The van der Waals surface area contributed by atoms with Crippen molar-refractivity contribution in [2.24, 2.45) is 46.3 Å². The van der Waals surface area contributed by atoms with Gasteiger partial charge in [0.2, 0.25) is 0 Å². The fourth-order valence-corrected chi connectivity index (χ4v) is 10.5. The van der Waals surface area contributed by atoms with Gasteiger partial charge in [0.25, 0.3) is 0 Å². The largest absolute Gasteiger partial charge is 0.461 e. The zero-order valence-electron chi connectivity index (χ0n) is 33.5.